The molecule has 4 heteroatoms. The van der Waals surface area contributed by atoms with Crippen molar-refractivity contribution in [2.75, 3.05) is 19.8 Å². The van der Waals surface area contributed by atoms with Gasteiger partial charge in [0.2, 0.25) is 0 Å². The highest BCUT2D eigenvalue weighted by atomic mass is 32.1. The van der Waals surface area contributed by atoms with Gasteiger partial charge in [0.1, 0.15) is 4.99 Å². The number of ether oxygens (including phenoxy) is 1. The number of nitrogens with two attached hydrogens (primary N) is 1. The Labute approximate surface area is 114 Å². The summed E-state index contributed by atoms with van der Waals surface area (Å²) >= 11 is 4.95. The first kappa shape index (κ1) is 13.5. The van der Waals surface area contributed by atoms with Crippen molar-refractivity contribution < 1.29 is 4.74 Å². The zero-order valence-electron chi connectivity index (χ0n) is 11.0. The van der Waals surface area contributed by atoms with Crippen LogP contribution in [0, 0.1) is 0 Å². The number of nitrogens with zero attached hydrogens (tertiary/aromatic N) is 1. The molecule has 98 valence electrons. The molecule has 0 spiro atoms. The molecule has 0 aliphatic carbocycles. The summed E-state index contributed by atoms with van der Waals surface area (Å²) in [5.41, 5.74) is 7.90. The van der Waals surface area contributed by atoms with Crippen LogP contribution in [0.1, 0.15) is 25.0 Å². The third-order valence-electron chi connectivity index (χ3n) is 3.43. The quantitative estimate of drug-likeness (QED) is 0.847. The van der Waals surface area contributed by atoms with Crippen molar-refractivity contribution in [2.45, 2.75) is 25.9 Å². The molecule has 3 nitrogen and oxygen atoms in total. The zero-order valence-corrected chi connectivity index (χ0v) is 11.8. The summed E-state index contributed by atoms with van der Waals surface area (Å²) < 4.78 is 5.53. The van der Waals surface area contributed by atoms with Crippen molar-refractivity contribution in [1.82, 2.24) is 4.90 Å². The van der Waals surface area contributed by atoms with E-state index in [1.54, 1.807) is 0 Å². The summed E-state index contributed by atoms with van der Waals surface area (Å²) in [7, 11) is 0. The van der Waals surface area contributed by atoms with Crippen LogP contribution in [0.15, 0.2) is 24.3 Å². The maximum absolute atomic E-state index is 5.60. The number of hydrogen-bond donors (Lipinski definition) is 1. The molecular formula is C14H20N2OS. The second-order valence-electron chi connectivity index (χ2n) is 5.35. The molecule has 0 aromatic heterocycles. The number of benzene rings is 1. The highest BCUT2D eigenvalue weighted by Crippen LogP contribution is 2.21. The lowest BCUT2D eigenvalue weighted by molar-refractivity contribution is -0.0552. The van der Waals surface area contributed by atoms with Crippen LogP contribution in [0.3, 0.4) is 0 Å². The van der Waals surface area contributed by atoms with Gasteiger partial charge in [-0.05, 0) is 19.4 Å². The Morgan fingerprint density at radius 1 is 1.39 bits per heavy atom. The maximum Gasteiger partial charge on any atom is 0.103 e. The van der Waals surface area contributed by atoms with Crippen LogP contribution in [-0.4, -0.2) is 35.2 Å². The Morgan fingerprint density at radius 2 is 2.06 bits per heavy atom. The molecule has 0 unspecified atom stereocenters. The van der Waals surface area contributed by atoms with E-state index >= 15 is 0 Å². The van der Waals surface area contributed by atoms with E-state index < -0.39 is 0 Å². The SMILES string of the molecule is CC1(C)COCCN1Cc1ccc(C(N)=S)cc1. The zero-order chi connectivity index (χ0) is 13.2. The Balaban J connectivity index is 2.06. The van der Waals surface area contributed by atoms with E-state index in [9.17, 15) is 0 Å². The van der Waals surface area contributed by atoms with Crippen LogP contribution in [0.4, 0.5) is 0 Å². The van der Waals surface area contributed by atoms with Gasteiger partial charge in [-0.2, -0.15) is 0 Å². The van der Waals surface area contributed by atoms with Crippen LogP contribution in [0.5, 0.6) is 0 Å². The fraction of sp³-hybridized carbons (Fsp3) is 0.500. The normalized spacial score (nSPS) is 19.7. The number of hydrogen-bond acceptors (Lipinski definition) is 3. The summed E-state index contributed by atoms with van der Waals surface area (Å²) in [5.74, 6) is 0. The summed E-state index contributed by atoms with van der Waals surface area (Å²) in [5, 5.41) is 0. The Kier molecular flexibility index (Phi) is 4.00. The van der Waals surface area contributed by atoms with E-state index in [1.165, 1.54) is 5.56 Å². The number of rotatable bonds is 3. The van der Waals surface area contributed by atoms with E-state index in [0.717, 1.165) is 31.9 Å². The standard InChI is InChI=1S/C14H20N2OS/c1-14(2)10-17-8-7-16(14)9-11-3-5-12(6-4-11)13(15)18/h3-6H,7-10H2,1-2H3,(H2,15,18). The molecule has 1 heterocycles. The van der Waals surface area contributed by atoms with Gasteiger partial charge < -0.3 is 10.5 Å². The van der Waals surface area contributed by atoms with E-state index in [-0.39, 0.29) is 5.54 Å². The molecule has 1 aromatic carbocycles. The minimum atomic E-state index is 0.0973. The van der Waals surface area contributed by atoms with Gasteiger partial charge in [-0.1, -0.05) is 36.5 Å². The molecule has 1 aromatic rings. The fourth-order valence-electron chi connectivity index (χ4n) is 2.18. The monoisotopic (exact) mass is 264 g/mol. The summed E-state index contributed by atoms with van der Waals surface area (Å²) in [6.45, 7) is 7.95. The smallest absolute Gasteiger partial charge is 0.103 e. The predicted molar refractivity (Wildman–Crippen MR) is 77.6 cm³/mol. The van der Waals surface area contributed by atoms with Gasteiger partial charge in [0, 0.05) is 24.2 Å². The molecule has 0 amide bonds. The van der Waals surface area contributed by atoms with Crippen LogP contribution in [0.25, 0.3) is 0 Å². The molecule has 0 atom stereocenters. The largest absolute Gasteiger partial charge is 0.389 e. The molecule has 0 radical (unpaired) electrons. The topological polar surface area (TPSA) is 38.5 Å². The van der Waals surface area contributed by atoms with Gasteiger partial charge in [0.15, 0.2) is 0 Å². The summed E-state index contributed by atoms with van der Waals surface area (Å²) in [4.78, 5) is 2.90. The summed E-state index contributed by atoms with van der Waals surface area (Å²) in [6.07, 6.45) is 0. The van der Waals surface area contributed by atoms with Crippen molar-refractivity contribution in [2.24, 2.45) is 5.73 Å². The molecular weight excluding hydrogens is 244 g/mol. The van der Waals surface area contributed by atoms with Gasteiger partial charge in [-0.15, -0.1) is 0 Å². The van der Waals surface area contributed by atoms with Crippen LogP contribution in [-0.2, 0) is 11.3 Å². The molecule has 1 aliphatic rings. The van der Waals surface area contributed by atoms with Gasteiger partial charge in [0.05, 0.1) is 13.2 Å². The number of thiocarbonyl (C=S) groups is 1. The van der Waals surface area contributed by atoms with Crippen LogP contribution >= 0.6 is 12.2 Å². The average Bonchev–Trinajstić information content (AvgIpc) is 2.32. The highest BCUT2D eigenvalue weighted by Gasteiger charge is 2.30. The Bertz CT molecular complexity index is 428. The second kappa shape index (κ2) is 5.34. The maximum atomic E-state index is 5.60. The van der Waals surface area contributed by atoms with Gasteiger partial charge >= 0.3 is 0 Å². The van der Waals surface area contributed by atoms with Crippen molar-refractivity contribution in [1.29, 1.82) is 0 Å². The van der Waals surface area contributed by atoms with Gasteiger partial charge in [0.25, 0.3) is 0 Å². The van der Waals surface area contributed by atoms with Crippen molar-refractivity contribution in [3.05, 3.63) is 35.4 Å². The minimum absolute atomic E-state index is 0.0973. The average molecular weight is 264 g/mol. The van der Waals surface area contributed by atoms with Crippen LogP contribution in [0.2, 0.25) is 0 Å². The molecule has 1 saturated heterocycles. The molecule has 2 rings (SSSR count). The van der Waals surface area contributed by atoms with Crippen LogP contribution < -0.4 is 5.73 Å². The van der Waals surface area contributed by atoms with E-state index in [1.807, 2.05) is 12.1 Å². The lowest BCUT2D eigenvalue weighted by Gasteiger charge is -2.42. The third-order valence-corrected chi connectivity index (χ3v) is 3.66. The summed E-state index contributed by atoms with van der Waals surface area (Å²) in [6, 6.07) is 8.18. The highest BCUT2D eigenvalue weighted by molar-refractivity contribution is 7.80. The molecule has 0 bridgehead atoms. The lowest BCUT2D eigenvalue weighted by Crippen LogP contribution is -2.52. The molecule has 2 N–H and O–H groups in total. The first-order valence-corrected chi connectivity index (χ1v) is 6.61. The van der Waals surface area contributed by atoms with E-state index in [2.05, 4.69) is 30.9 Å². The molecule has 1 aliphatic heterocycles. The van der Waals surface area contributed by atoms with Gasteiger partial charge in [-0.25, -0.2) is 0 Å². The lowest BCUT2D eigenvalue weighted by atomic mass is 10.0. The predicted octanol–water partition coefficient (Wildman–Crippen LogP) is 1.93. The molecule has 18 heavy (non-hydrogen) atoms. The van der Waals surface area contributed by atoms with Crippen molar-refractivity contribution >= 4 is 17.2 Å². The van der Waals surface area contributed by atoms with Gasteiger partial charge in [-0.3, -0.25) is 4.90 Å². The minimum Gasteiger partial charge on any atom is -0.389 e. The van der Waals surface area contributed by atoms with Crippen molar-refractivity contribution in [3.63, 3.8) is 0 Å². The van der Waals surface area contributed by atoms with Crippen molar-refractivity contribution in [3.8, 4) is 0 Å². The molecule has 0 saturated carbocycles. The fourth-order valence-corrected chi connectivity index (χ4v) is 2.31. The molecule has 1 fully saturated rings. The van der Waals surface area contributed by atoms with E-state index in [0.29, 0.717) is 4.99 Å². The van der Waals surface area contributed by atoms with E-state index in [4.69, 9.17) is 22.7 Å². The second-order valence-corrected chi connectivity index (χ2v) is 5.79. The third kappa shape index (κ3) is 3.07. The first-order chi connectivity index (χ1) is 8.49. The Morgan fingerprint density at radius 3 is 2.61 bits per heavy atom. The number of morpholine rings is 1. The Hall–Kier alpha value is -0.970. The first-order valence-electron chi connectivity index (χ1n) is 6.20.